The number of hydrogen-bond donors (Lipinski definition) is 1. The van der Waals surface area contributed by atoms with Crippen LogP contribution in [0.1, 0.15) is 5.56 Å². The minimum absolute atomic E-state index is 0.0792. The molecular weight excluding hydrogens is 210 g/mol. The monoisotopic (exact) mass is 224 g/mol. The van der Waals surface area contributed by atoms with Gasteiger partial charge in [-0.15, -0.1) is 0 Å². The summed E-state index contributed by atoms with van der Waals surface area (Å²) < 4.78 is 9.36. The van der Waals surface area contributed by atoms with Crippen LogP contribution in [0, 0.1) is 0 Å². The van der Waals surface area contributed by atoms with Crippen LogP contribution in [0.15, 0.2) is 30.3 Å². The zero-order valence-electron chi connectivity index (χ0n) is 8.97. The predicted molar refractivity (Wildman–Crippen MR) is 58.6 cm³/mol. The molecule has 0 aromatic heterocycles. The number of carbonyl (C=O) groups is 1. The topological polar surface area (TPSA) is 69.0 Å². The number of ether oxygens (including phenoxy) is 2. The second-order valence-electron chi connectivity index (χ2n) is 3.01. The highest BCUT2D eigenvalue weighted by atomic mass is 16.6. The second-order valence-corrected chi connectivity index (χ2v) is 3.01. The molecule has 0 saturated heterocycles. The number of esters is 1. The van der Waals surface area contributed by atoms with Crippen LogP contribution < -0.4 is 5.32 Å². The van der Waals surface area contributed by atoms with Crippen molar-refractivity contribution < 1.29 is 19.1 Å². The van der Waals surface area contributed by atoms with Crippen LogP contribution in [0.2, 0.25) is 0 Å². The summed E-state index contributed by atoms with van der Waals surface area (Å²) in [4.78, 5) is 20.0. The van der Waals surface area contributed by atoms with Gasteiger partial charge in [0.25, 0.3) is 0 Å². The van der Waals surface area contributed by atoms with Crippen molar-refractivity contribution in [2.24, 2.45) is 0 Å². The SMILES string of the molecule is COC(=[OH+])CNC(=O)OCc1ccccc1. The molecule has 1 amide bonds. The van der Waals surface area contributed by atoms with Crippen LogP contribution in [0.5, 0.6) is 0 Å². The molecule has 0 aliphatic rings. The minimum atomic E-state index is -0.604. The lowest BCUT2D eigenvalue weighted by molar-refractivity contribution is 0.140. The van der Waals surface area contributed by atoms with E-state index in [4.69, 9.17) is 9.53 Å². The number of methoxy groups -OCH3 is 1. The van der Waals surface area contributed by atoms with E-state index in [2.05, 4.69) is 10.1 Å². The predicted octanol–water partition coefficient (Wildman–Crippen LogP) is 1.06. The van der Waals surface area contributed by atoms with Crippen LogP contribution in [-0.2, 0) is 16.1 Å². The number of hydrogen-bond acceptors (Lipinski definition) is 3. The van der Waals surface area contributed by atoms with Crippen molar-refractivity contribution in [2.75, 3.05) is 13.7 Å². The highest BCUT2D eigenvalue weighted by Crippen LogP contribution is 2.00. The molecule has 0 saturated carbocycles. The smallest absolute Gasteiger partial charge is 0.445 e. The molecule has 1 aromatic rings. The quantitative estimate of drug-likeness (QED) is 0.614. The lowest BCUT2D eigenvalue weighted by atomic mass is 10.2. The maximum Gasteiger partial charge on any atom is 0.502 e. The molecule has 0 fully saturated rings. The van der Waals surface area contributed by atoms with Crippen LogP contribution in [0.4, 0.5) is 4.79 Å². The third kappa shape index (κ3) is 4.45. The summed E-state index contributed by atoms with van der Waals surface area (Å²) >= 11 is 0. The van der Waals surface area contributed by atoms with E-state index in [1.807, 2.05) is 30.3 Å². The molecule has 0 unspecified atom stereocenters. The number of nitrogens with one attached hydrogen (secondary N) is 1. The van der Waals surface area contributed by atoms with E-state index in [0.717, 1.165) is 5.56 Å². The van der Waals surface area contributed by atoms with Crippen molar-refractivity contribution in [3.05, 3.63) is 35.9 Å². The fourth-order valence-corrected chi connectivity index (χ4v) is 0.994. The number of carbonyl (C=O) groups excluding carboxylic acids is 2. The molecule has 86 valence electrons. The Labute approximate surface area is 93.4 Å². The zero-order valence-corrected chi connectivity index (χ0v) is 8.97. The highest BCUT2D eigenvalue weighted by Gasteiger charge is 2.11. The lowest BCUT2D eigenvalue weighted by Crippen LogP contribution is -2.30. The van der Waals surface area contributed by atoms with Gasteiger partial charge in [-0.05, 0) is 5.56 Å². The van der Waals surface area contributed by atoms with E-state index in [0.29, 0.717) is 0 Å². The van der Waals surface area contributed by atoms with Crippen LogP contribution in [0.3, 0.4) is 0 Å². The zero-order chi connectivity index (χ0) is 11.8. The molecule has 16 heavy (non-hydrogen) atoms. The maximum atomic E-state index is 11.1. The third-order valence-corrected chi connectivity index (χ3v) is 1.83. The van der Waals surface area contributed by atoms with Gasteiger partial charge in [-0.2, -0.15) is 0 Å². The van der Waals surface area contributed by atoms with Gasteiger partial charge >= 0.3 is 12.1 Å². The van der Waals surface area contributed by atoms with E-state index >= 15 is 0 Å². The first kappa shape index (κ1) is 12.0. The van der Waals surface area contributed by atoms with E-state index in [1.54, 1.807) is 0 Å². The molecule has 5 heteroatoms. The summed E-state index contributed by atoms with van der Waals surface area (Å²) in [5.41, 5.74) is 0.901. The van der Waals surface area contributed by atoms with Gasteiger partial charge in [0, 0.05) is 0 Å². The lowest BCUT2D eigenvalue weighted by Gasteiger charge is -2.04. The summed E-state index contributed by atoms with van der Waals surface area (Å²) in [6.07, 6.45) is -0.604. The van der Waals surface area contributed by atoms with E-state index in [9.17, 15) is 4.79 Å². The second kappa shape index (κ2) is 6.44. The first-order chi connectivity index (χ1) is 7.72. The van der Waals surface area contributed by atoms with Crippen molar-refractivity contribution in [1.82, 2.24) is 5.32 Å². The van der Waals surface area contributed by atoms with Gasteiger partial charge < -0.3 is 19.6 Å². The number of rotatable bonds is 4. The Morgan fingerprint density at radius 3 is 2.69 bits per heavy atom. The molecule has 5 nitrogen and oxygen atoms in total. The molecule has 2 N–H and O–H groups in total. The molecular formula is C11H14NO4+. The van der Waals surface area contributed by atoms with Gasteiger partial charge in [0.05, 0.1) is 0 Å². The average Bonchev–Trinajstić information content (AvgIpc) is 2.34. The summed E-state index contributed by atoms with van der Waals surface area (Å²) in [6, 6.07) is 9.31. The molecule has 0 spiro atoms. The fourth-order valence-electron chi connectivity index (χ4n) is 0.994. The number of alkyl carbamates (subject to hydrolysis) is 1. The van der Waals surface area contributed by atoms with Gasteiger partial charge in [0.2, 0.25) is 0 Å². The summed E-state index contributed by atoms with van der Waals surface area (Å²) in [5, 5.41) is 2.33. The molecule has 1 rings (SSSR count). The van der Waals surface area contributed by atoms with Gasteiger partial charge in [-0.1, -0.05) is 30.3 Å². The summed E-state index contributed by atoms with van der Waals surface area (Å²) in [6.45, 7) is 0.116. The van der Waals surface area contributed by atoms with Crippen LogP contribution in [-0.4, -0.2) is 30.5 Å². The van der Waals surface area contributed by atoms with E-state index < -0.39 is 6.09 Å². The Bertz CT molecular complexity index is 350. The van der Waals surface area contributed by atoms with E-state index in [1.165, 1.54) is 7.11 Å². The number of benzene rings is 1. The maximum absolute atomic E-state index is 11.1. The molecule has 0 aliphatic carbocycles. The molecule has 0 radical (unpaired) electrons. The van der Waals surface area contributed by atoms with Gasteiger partial charge in [0.1, 0.15) is 6.61 Å². The standard InChI is InChI=1S/C11H13NO4/c1-15-10(13)7-12-11(14)16-8-9-5-3-2-4-6-9/h2-6H,7-8H2,1H3,(H,12,14)/p+1. The van der Waals surface area contributed by atoms with Crippen molar-refractivity contribution in [3.63, 3.8) is 0 Å². The van der Waals surface area contributed by atoms with Gasteiger partial charge in [-0.25, -0.2) is 4.79 Å². The van der Waals surface area contributed by atoms with Gasteiger partial charge in [0.15, 0.2) is 13.7 Å². The van der Waals surface area contributed by atoms with Crippen LogP contribution in [0.25, 0.3) is 0 Å². The fraction of sp³-hybridized carbons (Fsp3) is 0.273. The Balaban J connectivity index is 2.23. The Morgan fingerprint density at radius 2 is 2.06 bits per heavy atom. The number of amides is 1. The molecule has 0 aliphatic heterocycles. The Kier molecular flexibility index (Phi) is 4.85. The van der Waals surface area contributed by atoms with E-state index in [-0.39, 0.29) is 19.1 Å². The Hall–Kier alpha value is -2.04. The highest BCUT2D eigenvalue weighted by molar-refractivity contribution is 5.78. The molecule has 0 heterocycles. The first-order valence-corrected chi connectivity index (χ1v) is 4.75. The molecule has 1 aromatic carbocycles. The van der Waals surface area contributed by atoms with Crippen molar-refractivity contribution in [1.29, 1.82) is 0 Å². The molecule has 0 bridgehead atoms. The molecule has 0 atom stereocenters. The minimum Gasteiger partial charge on any atom is -0.445 e. The van der Waals surface area contributed by atoms with Crippen LogP contribution >= 0.6 is 0 Å². The van der Waals surface area contributed by atoms with Gasteiger partial charge in [-0.3, -0.25) is 0 Å². The van der Waals surface area contributed by atoms with Crippen molar-refractivity contribution in [3.8, 4) is 0 Å². The summed E-state index contributed by atoms with van der Waals surface area (Å²) in [7, 11) is 1.31. The normalized spacial score (nSPS) is 9.31. The largest absolute Gasteiger partial charge is 0.502 e. The third-order valence-electron chi connectivity index (χ3n) is 1.83. The average molecular weight is 224 g/mol. The first-order valence-electron chi connectivity index (χ1n) is 4.75. The summed E-state index contributed by atoms with van der Waals surface area (Å²) in [5.74, 6) is -0.267. The van der Waals surface area contributed by atoms with Crippen molar-refractivity contribution in [2.45, 2.75) is 6.61 Å². The Morgan fingerprint density at radius 1 is 1.38 bits per heavy atom. The van der Waals surface area contributed by atoms with Crippen molar-refractivity contribution >= 4 is 12.1 Å².